The minimum atomic E-state index is -0.365. The summed E-state index contributed by atoms with van der Waals surface area (Å²) in [6.45, 7) is 0. The summed E-state index contributed by atoms with van der Waals surface area (Å²) in [5, 5.41) is 10.5. The van der Waals surface area contributed by atoms with Crippen LogP contribution in [0.15, 0.2) is 40.5 Å². The van der Waals surface area contributed by atoms with Gasteiger partial charge in [0, 0.05) is 0 Å². The van der Waals surface area contributed by atoms with Gasteiger partial charge in [-0.05, 0) is 12.1 Å². The third kappa shape index (κ3) is 1.36. The smallest absolute Gasteiger partial charge is 0.307 e. The third-order valence-electron chi connectivity index (χ3n) is 1.66. The van der Waals surface area contributed by atoms with E-state index in [9.17, 15) is 4.79 Å². The van der Waals surface area contributed by atoms with E-state index in [1.54, 1.807) is 0 Å². The Balaban J connectivity index is 2.60. The molecule has 0 aliphatic heterocycles. The van der Waals surface area contributed by atoms with Crippen LogP contribution in [0, 0.1) is 0 Å². The van der Waals surface area contributed by atoms with Gasteiger partial charge in [0.1, 0.15) is 0 Å². The lowest BCUT2D eigenvalue weighted by Crippen LogP contribution is -2.09. The molecule has 0 atom stereocenters. The maximum absolute atomic E-state index is 11.3. The van der Waals surface area contributed by atoms with Gasteiger partial charge in [0.05, 0.1) is 11.1 Å². The number of para-hydroxylation sites is 1. The minimum Gasteiger partial charge on any atom is -0.502 e. The van der Waals surface area contributed by atoms with Crippen LogP contribution in [0.25, 0.3) is 5.69 Å². The van der Waals surface area contributed by atoms with Crippen molar-refractivity contribution in [2.24, 2.45) is 0 Å². The summed E-state index contributed by atoms with van der Waals surface area (Å²) >= 11 is 1.18. The Bertz CT molecular complexity index is 458. The van der Waals surface area contributed by atoms with Crippen molar-refractivity contribution in [1.29, 1.82) is 0 Å². The first kappa shape index (κ1) is 8.07. The highest BCUT2D eigenvalue weighted by atomic mass is 32.1. The molecule has 1 aromatic heterocycles. The fourth-order valence-electron chi connectivity index (χ4n) is 1.05. The molecule has 1 aromatic carbocycles. The molecule has 0 radical (unpaired) electrons. The predicted molar refractivity (Wildman–Crippen MR) is 51.6 cm³/mol. The molecular weight excluding hydrogens is 186 g/mol. The van der Waals surface area contributed by atoms with Crippen molar-refractivity contribution >= 4 is 11.5 Å². The molecule has 0 bridgehead atoms. The highest BCUT2D eigenvalue weighted by Gasteiger charge is 2.05. The van der Waals surface area contributed by atoms with Gasteiger partial charge in [0.2, 0.25) is 0 Å². The summed E-state index contributed by atoms with van der Waals surface area (Å²) in [5.74, 6) is -0.200. The Morgan fingerprint density at radius 3 is 2.46 bits per heavy atom. The van der Waals surface area contributed by atoms with Crippen molar-refractivity contribution in [3.8, 4) is 11.4 Å². The molecule has 2 rings (SSSR count). The molecule has 0 spiro atoms. The van der Waals surface area contributed by atoms with Gasteiger partial charge in [-0.25, -0.2) is 3.96 Å². The second kappa shape index (κ2) is 3.06. The first-order valence-electron chi connectivity index (χ1n) is 3.74. The predicted octanol–water partition coefficient (Wildman–Crippen LogP) is 1.60. The van der Waals surface area contributed by atoms with Crippen molar-refractivity contribution in [1.82, 2.24) is 3.96 Å². The molecule has 0 amide bonds. The number of hydrogen-bond donors (Lipinski definition) is 1. The van der Waals surface area contributed by atoms with E-state index >= 15 is 0 Å². The average molecular weight is 193 g/mol. The largest absolute Gasteiger partial charge is 0.502 e. The van der Waals surface area contributed by atoms with Crippen LogP contribution in [0.3, 0.4) is 0 Å². The van der Waals surface area contributed by atoms with Crippen LogP contribution in [0.1, 0.15) is 0 Å². The summed E-state index contributed by atoms with van der Waals surface area (Å²) < 4.78 is 1.44. The number of rotatable bonds is 1. The summed E-state index contributed by atoms with van der Waals surface area (Å²) in [5.41, 5.74) is 0.411. The Morgan fingerprint density at radius 2 is 1.92 bits per heavy atom. The zero-order chi connectivity index (χ0) is 9.26. The van der Waals surface area contributed by atoms with Gasteiger partial charge in [0.25, 0.3) is 0 Å². The van der Waals surface area contributed by atoms with Crippen LogP contribution in [0.5, 0.6) is 5.75 Å². The molecule has 1 heterocycles. The zero-order valence-electron chi connectivity index (χ0n) is 6.68. The molecule has 0 saturated heterocycles. The topological polar surface area (TPSA) is 42.2 Å². The van der Waals surface area contributed by atoms with Crippen LogP contribution in [-0.2, 0) is 0 Å². The maximum Gasteiger partial charge on any atom is 0.307 e. The Hall–Kier alpha value is -1.55. The van der Waals surface area contributed by atoms with Gasteiger partial charge in [-0.15, -0.1) is 0 Å². The summed E-state index contributed by atoms with van der Waals surface area (Å²) in [6, 6.07) is 9.20. The normalized spacial score (nSPS) is 10.2. The van der Waals surface area contributed by atoms with Crippen molar-refractivity contribution < 1.29 is 5.11 Å². The van der Waals surface area contributed by atoms with E-state index in [-0.39, 0.29) is 11.3 Å². The maximum atomic E-state index is 11.3. The number of hydrogen-bond acceptors (Lipinski definition) is 3. The molecule has 1 N–H and O–H groups in total. The molecule has 4 heteroatoms. The molecular formula is C9H7NO2S. The number of nitrogens with zero attached hydrogens (tertiary/aromatic N) is 1. The van der Waals surface area contributed by atoms with E-state index < -0.39 is 0 Å². The van der Waals surface area contributed by atoms with Crippen LogP contribution in [0.2, 0.25) is 0 Å². The Morgan fingerprint density at radius 1 is 1.23 bits per heavy atom. The van der Waals surface area contributed by atoms with E-state index in [4.69, 9.17) is 5.11 Å². The minimum absolute atomic E-state index is 0.200. The quantitative estimate of drug-likeness (QED) is 0.747. The van der Waals surface area contributed by atoms with Crippen LogP contribution in [-0.4, -0.2) is 9.06 Å². The highest BCUT2D eigenvalue weighted by Crippen LogP contribution is 2.12. The van der Waals surface area contributed by atoms with Crippen molar-refractivity contribution in [3.63, 3.8) is 0 Å². The van der Waals surface area contributed by atoms with E-state index in [0.29, 0.717) is 0 Å². The summed E-state index contributed by atoms with van der Waals surface area (Å²) in [7, 11) is 0. The fraction of sp³-hybridized carbons (Fsp3) is 0. The van der Waals surface area contributed by atoms with Crippen molar-refractivity contribution in [2.45, 2.75) is 0 Å². The lowest BCUT2D eigenvalue weighted by atomic mass is 10.3. The number of benzene rings is 1. The van der Waals surface area contributed by atoms with Gasteiger partial charge in [-0.3, -0.25) is 4.79 Å². The van der Waals surface area contributed by atoms with Crippen LogP contribution < -0.4 is 5.56 Å². The molecule has 0 aliphatic carbocycles. The SMILES string of the molecule is O=c1c(O)csn1-c1ccccc1. The summed E-state index contributed by atoms with van der Waals surface area (Å²) in [6.07, 6.45) is 0. The molecule has 0 fully saturated rings. The highest BCUT2D eigenvalue weighted by molar-refractivity contribution is 7.04. The molecule has 0 saturated carbocycles. The lowest BCUT2D eigenvalue weighted by molar-refractivity contribution is 0.469. The molecule has 2 aromatic rings. The van der Waals surface area contributed by atoms with Gasteiger partial charge in [-0.1, -0.05) is 29.7 Å². The number of aromatic nitrogens is 1. The second-order valence-electron chi connectivity index (χ2n) is 2.54. The Kier molecular flexibility index (Phi) is 1.90. The molecule has 13 heavy (non-hydrogen) atoms. The van der Waals surface area contributed by atoms with Crippen molar-refractivity contribution in [3.05, 3.63) is 46.1 Å². The van der Waals surface area contributed by atoms with Gasteiger partial charge in [0.15, 0.2) is 5.75 Å². The first-order valence-corrected chi connectivity index (χ1v) is 4.58. The van der Waals surface area contributed by atoms with Gasteiger partial charge in [-0.2, -0.15) is 0 Å². The van der Waals surface area contributed by atoms with Crippen LogP contribution >= 0.6 is 11.5 Å². The third-order valence-corrected chi connectivity index (χ3v) is 2.58. The summed E-state index contributed by atoms with van der Waals surface area (Å²) in [4.78, 5) is 11.3. The molecule has 0 unspecified atom stereocenters. The van der Waals surface area contributed by atoms with Crippen molar-refractivity contribution in [2.75, 3.05) is 0 Å². The monoisotopic (exact) mass is 193 g/mol. The second-order valence-corrected chi connectivity index (χ2v) is 3.36. The van der Waals surface area contributed by atoms with E-state index in [2.05, 4.69) is 0 Å². The lowest BCUT2D eigenvalue weighted by Gasteiger charge is -1.97. The van der Waals surface area contributed by atoms with E-state index in [1.165, 1.54) is 20.9 Å². The molecule has 0 aliphatic rings. The standard InChI is InChI=1S/C9H7NO2S/c11-8-6-13-10(9(8)12)7-4-2-1-3-5-7/h1-6,11H. The van der Waals surface area contributed by atoms with Gasteiger partial charge < -0.3 is 5.11 Å². The molecule has 66 valence electrons. The van der Waals surface area contributed by atoms with E-state index in [0.717, 1.165) is 5.69 Å². The fourth-order valence-corrected chi connectivity index (χ4v) is 1.79. The van der Waals surface area contributed by atoms with Gasteiger partial charge >= 0.3 is 5.56 Å². The Labute approximate surface area is 78.7 Å². The molecule has 3 nitrogen and oxygen atoms in total. The number of aromatic hydroxyl groups is 1. The average Bonchev–Trinajstić information content (AvgIpc) is 2.49. The van der Waals surface area contributed by atoms with E-state index in [1.807, 2.05) is 30.3 Å². The first-order chi connectivity index (χ1) is 6.29. The van der Waals surface area contributed by atoms with Crippen LogP contribution in [0.4, 0.5) is 0 Å². The zero-order valence-corrected chi connectivity index (χ0v) is 7.49.